The van der Waals surface area contributed by atoms with Crippen LogP contribution in [0.4, 0.5) is 5.69 Å². The Kier molecular flexibility index (Phi) is 5.05. The number of hydrogen-bond acceptors (Lipinski definition) is 4. The average molecular weight is 387 g/mol. The van der Waals surface area contributed by atoms with E-state index in [1.54, 1.807) is 24.3 Å². The highest BCUT2D eigenvalue weighted by atomic mass is 79.9. The van der Waals surface area contributed by atoms with Crippen LogP contribution in [0.1, 0.15) is 12.7 Å². The molecule has 1 N–H and O–H groups in total. The Hall–Kier alpha value is -1.64. The largest absolute Gasteiger partial charge is 0.453 e. The first-order valence-corrected chi connectivity index (χ1v) is 8.60. The molecule has 0 bridgehead atoms. The van der Waals surface area contributed by atoms with E-state index in [1.165, 1.54) is 30.4 Å². The zero-order valence-corrected chi connectivity index (χ0v) is 14.4. The first-order chi connectivity index (χ1) is 10.3. The zero-order chi connectivity index (χ0) is 16.3. The van der Waals surface area contributed by atoms with Crippen molar-refractivity contribution in [2.75, 3.05) is 12.4 Å². The van der Waals surface area contributed by atoms with Crippen molar-refractivity contribution in [2.45, 2.75) is 18.4 Å². The molecule has 118 valence electrons. The van der Waals surface area contributed by atoms with Crippen LogP contribution >= 0.6 is 15.9 Å². The Morgan fingerprint density at radius 1 is 1.23 bits per heavy atom. The number of anilines is 1. The molecule has 1 aromatic carbocycles. The summed E-state index contributed by atoms with van der Waals surface area (Å²) in [6.07, 6.45) is 0. The number of furan rings is 1. The van der Waals surface area contributed by atoms with Gasteiger partial charge in [-0.25, -0.2) is 8.42 Å². The van der Waals surface area contributed by atoms with Gasteiger partial charge in [0.15, 0.2) is 4.67 Å². The summed E-state index contributed by atoms with van der Waals surface area (Å²) in [4.78, 5) is 11.1. The fourth-order valence-electron chi connectivity index (χ4n) is 1.83. The molecule has 0 aliphatic rings. The standard InChI is InChI=1S/C14H15BrN2O4S/c1-10(18)16-11-3-6-13(7-4-11)22(19,20)17(2)9-12-5-8-14(15)21-12/h3-8H,9H2,1-2H3,(H,16,18). The molecule has 0 saturated heterocycles. The number of carbonyl (C=O) groups is 1. The summed E-state index contributed by atoms with van der Waals surface area (Å²) in [6, 6.07) is 9.41. The molecule has 6 nitrogen and oxygen atoms in total. The summed E-state index contributed by atoms with van der Waals surface area (Å²) in [6.45, 7) is 1.52. The molecule has 0 atom stereocenters. The van der Waals surface area contributed by atoms with Crippen molar-refractivity contribution in [3.63, 3.8) is 0 Å². The highest BCUT2D eigenvalue weighted by molar-refractivity contribution is 9.10. The number of amides is 1. The summed E-state index contributed by atoms with van der Waals surface area (Å²) in [5, 5.41) is 2.59. The van der Waals surface area contributed by atoms with Crippen LogP contribution < -0.4 is 5.32 Å². The monoisotopic (exact) mass is 386 g/mol. The molecule has 0 unspecified atom stereocenters. The maximum Gasteiger partial charge on any atom is 0.243 e. The van der Waals surface area contributed by atoms with E-state index in [2.05, 4.69) is 21.2 Å². The van der Waals surface area contributed by atoms with Gasteiger partial charge in [-0.2, -0.15) is 4.31 Å². The lowest BCUT2D eigenvalue weighted by Crippen LogP contribution is -2.26. The van der Waals surface area contributed by atoms with Gasteiger partial charge < -0.3 is 9.73 Å². The molecule has 8 heteroatoms. The number of nitrogens with one attached hydrogen (secondary N) is 1. The molecule has 1 aromatic heterocycles. The van der Waals surface area contributed by atoms with Crippen molar-refractivity contribution in [1.29, 1.82) is 0 Å². The number of sulfonamides is 1. The first kappa shape index (κ1) is 16.7. The maximum absolute atomic E-state index is 12.5. The number of benzene rings is 1. The van der Waals surface area contributed by atoms with Gasteiger partial charge in [-0.05, 0) is 52.3 Å². The van der Waals surface area contributed by atoms with Crippen LogP contribution in [0.2, 0.25) is 0 Å². The second-order valence-electron chi connectivity index (χ2n) is 4.67. The van der Waals surface area contributed by atoms with Crippen LogP contribution in [-0.2, 0) is 21.4 Å². The fourth-order valence-corrected chi connectivity index (χ4v) is 3.31. The molecule has 1 amide bonds. The molecule has 0 radical (unpaired) electrons. The van der Waals surface area contributed by atoms with Crippen molar-refractivity contribution in [3.05, 3.63) is 46.8 Å². The second-order valence-corrected chi connectivity index (χ2v) is 7.50. The fraction of sp³-hybridized carbons (Fsp3) is 0.214. The quantitative estimate of drug-likeness (QED) is 0.856. The second kappa shape index (κ2) is 6.64. The number of hydrogen-bond donors (Lipinski definition) is 1. The zero-order valence-electron chi connectivity index (χ0n) is 12.0. The van der Waals surface area contributed by atoms with Gasteiger partial charge in [-0.1, -0.05) is 0 Å². The van der Waals surface area contributed by atoms with E-state index in [0.29, 0.717) is 16.1 Å². The number of rotatable bonds is 5. The van der Waals surface area contributed by atoms with Gasteiger partial charge in [-0.15, -0.1) is 0 Å². The normalized spacial score (nSPS) is 11.6. The molecule has 2 aromatic rings. The van der Waals surface area contributed by atoms with Gasteiger partial charge in [0.25, 0.3) is 0 Å². The van der Waals surface area contributed by atoms with Crippen LogP contribution in [-0.4, -0.2) is 25.7 Å². The lowest BCUT2D eigenvalue weighted by atomic mass is 10.3. The Morgan fingerprint density at radius 3 is 2.36 bits per heavy atom. The summed E-state index contributed by atoms with van der Waals surface area (Å²) in [5.41, 5.74) is 0.545. The van der Waals surface area contributed by atoms with Gasteiger partial charge in [0.05, 0.1) is 11.4 Å². The Labute approximate surface area is 137 Å². The molecular weight excluding hydrogens is 372 g/mol. The molecule has 0 aliphatic heterocycles. The summed E-state index contributed by atoms with van der Waals surface area (Å²) in [7, 11) is -2.15. The minimum atomic E-state index is -3.63. The van der Waals surface area contributed by atoms with E-state index in [4.69, 9.17) is 4.42 Å². The van der Waals surface area contributed by atoms with Crippen LogP contribution in [0.3, 0.4) is 0 Å². The molecule has 0 aliphatic carbocycles. The molecule has 22 heavy (non-hydrogen) atoms. The Morgan fingerprint density at radius 2 is 1.86 bits per heavy atom. The van der Waals surface area contributed by atoms with Crippen LogP contribution in [0.15, 0.2) is 50.4 Å². The summed E-state index contributed by atoms with van der Waals surface area (Å²) < 4.78 is 32.0. The third-order valence-electron chi connectivity index (χ3n) is 2.89. The minimum absolute atomic E-state index is 0.126. The van der Waals surface area contributed by atoms with E-state index in [0.717, 1.165) is 0 Å². The van der Waals surface area contributed by atoms with Gasteiger partial charge in [0, 0.05) is 19.7 Å². The molecule has 0 saturated carbocycles. The Balaban J connectivity index is 2.16. The Bertz CT molecular complexity index is 768. The van der Waals surface area contributed by atoms with E-state index in [-0.39, 0.29) is 17.3 Å². The van der Waals surface area contributed by atoms with Crippen LogP contribution in [0.25, 0.3) is 0 Å². The number of nitrogens with zero attached hydrogens (tertiary/aromatic N) is 1. The third-order valence-corrected chi connectivity index (χ3v) is 5.13. The lowest BCUT2D eigenvalue weighted by molar-refractivity contribution is -0.114. The van der Waals surface area contributed by atoms with E-state index < -0.39 is 10.0 Å². The van der Waals surface area contributed by atoms with Crippen molar-refractivity contribution in [3.8, 4) is 0 Å². The molecule has 0 spiro atoms. The van der Waals surface area contributed by atoms with Crippen molar-refractivity contribution in [1.82, 2.24) is 4.31 Å². The van der Waals surface area contributed by atoms with Crippen molar-refractivity contribution in [2.24, 2.45) is 0 Å². The summed E-state index contributed by atoms with van der Waals surface area (Å²) >= 11 is 3.18. The predicted octanol–water partition coefficient (Wildman–Crippen LogP) is 2.82. The van der Waals surface area contributed by atoms with Gasteiger partial charge in [-0.3, -0.25) is 4.79 Å². The number of halogens is 1. The van der Waals surface area contributed by atoms with Crippen molar-refractivity contribution >= 4 is 37.5 Å². The summed E-state index contributed by atoms with van der Waals surface area (Å²) in [5.74, 6) is 0.323. The van der Waals surface area contributed by atoms with Gasteiger partial charge in [0.2, 0.25) is 15.9 Å². The van der Waals surface area contributed by atoms with Gasteiger partial charge >= 0.3 is 0 Å². The van der Waals surface area contributed by atoms with Crippen LogP contribution in [0.5, 0.6) is 0 Å². The SMILES string of the molecule is CC(=O)Nc1ccc(S(=O)(=O)N(C)Cc2ccc(Br)o2)cc1. The minimum Gasteiger partial charge on any atom is -0.453 e. The van der Waals surface area contributed by atoms with E-state index in [1.807, 2.05) is 0 Å². The van der Waals surface area contributed by atoms with Crippen LogP contribution in [0, 0.1) is 0 Å². The molecule has 0 fully saturated rings. The topological polar surface area (TPSA) is 79.6 Å². The predicted molar refractivity (Wildman–Crippen MR) is 85.8 cm³/mol. The highest BCUT2D eigenvalue weighted by Crippen LogP contribution is 2.21. The van der Waals surface area contributed by atoms with Gasteiger partial charge in [0.1, 0.15) is 5.76 Å². The molecular formula is C14H15BrN2O4S. The van der Waals surface area contributed by atoms with Crippen molar-refractivity contribution < 1.29 is 17.6 Å². The molecule has 2 rings (SSSR count). The van der Waals surface area contributed by atoms with E-state index >= 15 is 0 Å². The van der Waals surface area contributed by atoms with E-state index in [9.17, 15) is 13.2 Å². The molecule has 1 heterocycles. The maximum atomic E-state index is 12.5. The number of carbonyl (C=O) groups excluding carboxylic acids is 1. The average Bonchev–Trinajstić information content (AvgIpc) is 2.84. The lowest BCUT2D eigenvalue weighted by Gasteiger charge is -2.16. The first-order valence-electron chi connectivity index (χ1n) is 6.37. The third kappa shape index (κ3) is 3.96. The smallest absolute Gasteiger partial charge is 0.243 e. The highest BCUT2D eigenvalue weighted by Gasteiger charge is 2.21.